The van der Waals surface area contributed by atoms with Crippen LogP contribution in [0, 0.1) is 19.3 Å². The van der Waals surface area contributed by atoms with Crippen LogP contribution < -0.4 is 10.0 Å². The van der Waals surface area contributed by atoms with Gasteiger partial charge in [-0.25, -0.2) is 13.4 Å². The Morgan fingerprint density at radius 2 is 1.90 bits per heavy atom. The van der Waals surface area contributed by atoms with Gasteiger partial charge in [-0.1, -0.05) is 35.7 Å². The average Bonchev–Trinajstić information content (AvgIpc) is 3.07. The van der Waals surface area contributed by atoms with Gasteiger partial charge in [0.05, 0.1) is 17.1 Å². The molecule has 0 aliphatic heterocycles. The van der Waals surface area contributed by atoms with E-state index in [0.717, 1.165) is 16.1 Å². The van der Waals surface area contributed by atoms with E-state index in [1.807, 2.05) is 31.2 Å². The number of terminal acetylenes is 1. The van der Waals surface area contributed by atoms with Gasteiger partial charge in [0.1, 0.15) is 0 Å². The predicted octanol–water partition coefficient (Wildman–Crippen LogP) is 3.86. The minimum absolute atomic E-state index is 0.0291. The molecular formula is C21H18ClN3O3S2. The number of sulfonamides is 1. The number of halogens is 1. The topological polar surface area (TPSA) is 88.2 Å². The Kier molecular flexibility index (Phi) is 6.90. The zero-order valence-electron chi connectivity index (χ0n) is 16.0. The Hall–Kier alpha value is -2.70. The first-order valence-electron chi connectivity index (χ1n) is 8.84. The number of aromatic nitrogens is 1. The first-order chi connectivity index (χ1) is 14.3. The van der Waals surface area contributed by atoms with Crippen LogP contribution in [0.3, 0.4) is 0 Å². The van der Waals surface area contributed by atoms with Crippen molar-refractivity contribution >= 4 is 44.0 Å². The number of hydrogen-bond acceptors (Lipinski definition) is 5. The van der Waals surface area contributed by atoms with Gasteiger partial charge in [0.2, 0.25) is 10.0 Å². The third-order valence-electron chi connectivity index (χ3n) is 4.21. The average molecular weight is 460 g/mol. The second-order valence-electron chi connectivity index (χ2n) is 6.30. The third kappa shape index (κ3) is 5.26. The molecule has 0 unspecified atom stereocenters. The van der Waals surface area contributed by atoms with Crippen molar-refractivity contribution < 1.29 is 13.2 Å². The number of amides is 1. The molecule has 3 aromatic rings. The summed E-state index contributed by atoms with van der Waals surface area (Å²) in [5.74, 6) is 1.83. The lowest BCUT2D eigenvalue weighted by molar-refractivity contribution is 0.102. The third-order valence-corrected chi connectivity index (χ3v) is 7.07. The molecule has 1 aromatic heterocycles. The first kappa shape index (κ1) is 22.0. The smallest absolute Gasteiger partial charge is 0.257 e. The predicted molar refractivity (Wildman–Crippen MR) is 120 cm³/mol. The second-order valence-corrected chi connectivity index (χ2v) is 9.56. The van der Waals surface area contributed by atoms with Crippen molar-refractivity contribution in [2.45, 2.75) is 18.2 Å². The molecule has 2 N–H and O–H groups in total. The van der Waals surface area contributed by atoms with Crippen molar-refractivity contribution in [3.05, 3.63) is 75.3 Å². The number of rotatable bonds is 7. The van der Waals surface area contributed by atoms with Gasteiger partial charge in [-0.3, -0.25) is 10.1 Å². The summed E-state index contributed by atoms with van der Waals surface area (Å²) < 4.78 is 26.4. The van der Waals surface area contributed by atoms with Gasteiger partial charge in [-0.05, 0) is 42.8 Å². The van der Waals surface area contributed by atoms with Gasteiger partial charge in [-0.2, -0.15) is 4.72 Å². The fourth-order valence-electron chi connectivity index (χ4n) is 2.64. The van der Waals surface area contributed by atoms with Crippen LogP contribution in [-0.4, -0.2) is 25.9 Å². The molecule has 0 saturated carbocycles. The molecule has 1 heterocycles. The summed E-state index contributed by atoms with van der Waals surface area (Å²) in [4.78, 5) is 18.0. The zero-order valence-corrected chi connectivity index (χ0v) is 18.4. The Bertz CT molecular complexity index is 1210. The van der Waals surface area contributed by atoms with Gasteiger partial charge in [0.25, 0.3) is 5.91 Å². The van der Waals surface area contributed by atoms with E-state index in [1.165, 1.54) is 35.6 Å². The zero-order chi connectivity index (χ0) is 21.7. The van der Waals surface area contributed by atoms with E-state index in [9.17, 15) is 13.2 Å². The maximum atomic E-state index is 12.5. The molecule has 0 atom stereocenters. The molecule has 0 radical (unpaired) electrons. The number of aryl methyl sites for hydroxylation is 1. The van der Waals surface area contributed by atoms with Crippen LogP contribution in [0.1, 0.15) is 26.5 Å². The SMILES string of the molecule is C#CCNS(=O)(=O)c1ccc(C(=O)Nc2nc(C)c(Cc3ccccc3Cl)s2)cc1. The van der Waals surface area contributed by atoms with Gasteiger partial charge in [-0.15, -0.1) is 17.8 Å². The standard InChI is InChI=1S/C21H18ClN3O3S2/c1-3-12-23-30(27,28)17-10-8-15(9-11-17)20(26)25-21-24-14(2)19(29-21)13-16-6-4-5-7-18(16)22/h1,4-11,23H,12-13H2,2H3,(H,24,25,26). The van der Waals surface area contributed by atoms with E-state index in [4.69, 9.17) is 18.0 Å². The highest BCUT2D eigenvalue weighted by Crippen LogP contribution is 2.28. The van der Waals surface area contributed by atoms with Gasteiger partial charge < -0.3 is 0 Å². The van der Waals surface area contributed by atoms with Crippen LogP contribution in [0.25, 0.3) is 0 Å². The Morgan fingerprint density at radius 3 is 2.57 bits per heavy atom. The number of nitrogens with one attached hydrogen (secondary N) is 2. The number of hydrogen-bond donors (Lipinski definition) is 2. The van der Waals surface area contributed by atoms with Crippen LogP contribution in [0.15, 0.2) is 53.4 Å². The number of nitrogens with zero attached hydrogens (tertiary/aromatic N) is 1. The molecular weight excluding hydrogens is 442 g/mol. The Balaban J connectivity index is 1.71. The molecule has 0 aliphatic carbocycles. The lowest BCUT2D eigenvalue weighted by Gasteiger charge is -2.06. The van der Waals surface area contributed by atoms with Crippen LogP contribution in [0.2, 0.25) is 5.02 Å². The highest BCUT2D eigenvalue weighted by molar-refractivity contribution is 7.89. The molecule has 30 heavy (non-hydrogen) atoms. The van der Waals surface area contributed by atoms with E-state index in [1.54, 1.807) is 0 Å². The molecule has 3 rings (SSSR count). The lowest BCUT2D eigenvalue weighted by atomic mass is 10.1. The summed E-state index contributed by atoms with van der Waals surface area (Å²) in [6, 6.07) is 13.2. The van der Waals surface area contributed by atoms with E-state index < -0.39 is 10.0 Å². The van der Waals surface area contributed by atoms with Crippen molar-refractivity contribution in [1.29, 1.82) is 0 Å². The molecule has 0 saturated heterocycles. The number of thiazole rings is 1. The number of carbonyl (C=O) groups is 1. The van der Waals surface area contributed by atoms with Gasteiger partial charge in [0.15, 0.2) is 5.13 Å². The second kappa shape index (κ2) is 9.41. The Labute approximate surface area is 184 Å². The first-order valence-corrected chi connectivity index (χ1v) is 11.5. The molecule has 9 heteroatoms. The maximum Gasteiger partial charge on any atom is 0.257 e. The summed E-state index contributed by atoms with van der Waals surface area (Å²) in [7, 11) is -3.70. The number of benzene rings is 2. The minimum Gasteiger partial charge on any atom is -0.298 e. The van der Waals surface area contributed by atoms with Crippen molar-refractivity contribution in [3.8, 4) is 12.3 Å². The fraction of sp³-hybridized carbons (Fsp3) is 0.143. The van der Waals surface area contributed by atoms with E-state index in [2.05, 4.69) is 20.9 Å². The molecule has 0 spiro atoms. The molecule has 6 nitrogen and oxygen atoms in total. The quantitative estimate of drug-likeness (QED) is 0.525. The van der Waals surface area contributed by atoms with Crippen molar-refractivity contribution in [3.63, 3.8) is 0 Å². The summed E-state index contributed by atoms with van der Waals surface area (Å²) in [6.07, 6.45) is 5.69. The highest BCUT2D eigenvalue weighted by Gasteiger charge is 2.16. The number of carbonyl (C=O) groups excluding carboxylic acids is 1. The Morgan fingerprint density at radius 1 is 1.20 bits per heavy atom. The molecule has 2 aromatic carbocycles. The molecule has 1 amide bonds. The van der Waals surface area contributed by atoms with Crippen LogP contribution in [0.4, 0.5) is 5.13 Å². The molecule has 0 bridgehead atoms. The van der Waals surface area contributed by atoms with E-state index in [-0.39, 0.29) is 17.3 Å². The van der Waals surface area contributed by atoms with E-state index in [0.29, 0.717) is 22.1 Å². The minimum atomic E-state index is -3.70. The van der Waals surface area contributed by atoms with Crippen molar-refractivity contribution in [2.24, 2.45) is 0 Å². The molecule has 154 valence electrons. The van der Waals surface area contributed by atoms with Crippen LogP contribution in [0.5, 0.6) is 0 Å². The summed E-state index contributed by atoms with van der Waals surface area (Å²) in [6.45, 7) is 1.77. The van der Waals surface area contributed by atoms with Crippen molar-refractivity contribution in [1.82, 2.24) is 9.71 Å². The summed E-state index contributed by atoms with van der Waals surface area (Å²) in [5.41, 5.74) is 2.11. The summed E-state index contributed by atoms with van der Waals surface area (Å²) in [5, 5.41) is 3.90. The fourth-order valence-corrected chi connectivity index (χ4v) is 4.75. The van der Waals surface area contributed by atoms with Crippen molar-refractivity contribution in [2.75, 3.05) is 11.9 Å². The largest absolute Gasteiger partial charge is 0.298 e. The maximum absolute atomic E-state index is 12.5. The van der Waals surface area contributed by atoms with Crippen LogP contribution in [-0.2, 0) is 16.4 Å². The number of anilines is 1. The van der Waals surface area contributed by atoms with E-state index >= 15 is 0 Å². The van der Waals surface area contributed by atoms with Crippen LogP contribution >= 0.6 is 22.9 Å². The van der Waals surface area contributed by atoms with Gasteiger partial charge >= 0.3 is 0 Å². The normalized spacial score (nSPS) is 11.1. The lowest BCUT2D eigenvalue weighted by Crippen LogP contribution is -2.24. The highest BCUT2D eigenvalue weighted by atomic mass is 35.5. The van der Waals surface area contributed by atoms with Gasteiger partial charge in [0, 0.05) is 21.9 Å². The summed E-state index contributed by atoms with van der Waals surface area (Å²) >= 11 is 7.60. The molecule has 0 aliphatic rings. The monoisotopic (exact) mass is 459 g/mol. The molecule has 0 fully saturated rings.